The third kappa shape index (κ3) is 5.58. The molecule has 3 rings (SSSR count). The van der Waals surface area contributed by atoms with Crippen molar-refractivity contribution in [3.63, 3.8) is 0 Å². The van der Waals surface area contributed by atoms with Crippen LogP contribution in [0.5, 0.6) is 0 Å². The number of halogens is 2. The quantitative estimate of drug-likeness (QED) is 0.675. The zero-order valence-electron chi connectivity index (χ0n) is 15.1. The summed E-state index contributed by atoms with van der Waals surface area (Å²) in [5.74, 6) is -0.624. The molecule has 1 aliphatic heterocycles. The smallest absolute Gasteiger partial charge is 0.253 e. The number of hydrogen-bond acceptors (Lipinski definition) is 3. The predicted octanol–water partition coefficient (Wildman–Crippen LogP) is 4.55. The molecule has 28 heavy (non-hydrogen) atoms. The predicted molar refractivity (Wildman–Crippen MR) is 112 cm³/mol. The van der Waals surface area contributed by atoms with Gasteiger partial charge in [-0.2, -0.15) is 0 Å². The van der Waals surface area contributed by atoms with Gasteiger partial charge in [-0.05, 0) is 48.7 Å². The Morgan fingerprint density at radius 1 is 1.18 bits per heavy atom. The van der Waals surface area contributed by atoms with Crippen molar-refractivity contribution in [1.29, 1.82) is 0 Å². The Bertz CT molecular complexity index is 893. The molecule has 5 nitrogen and oxygen atoms in total. The zero-order valence-corrected chi connectivity index (χ0v) is 16.6. The average Bonchev–Trinajstić information content (AvgIpc) is 3.19. The molecule has 1 heterocycles. The first-order valence-electron chi connectivity index (χ1n) is 8.96. The highest BCUT2D eigenvalue weighted by molar-refractivity contribution is 6.35. The van der Waals surface area contributed by atoms with E-state index in [0.29, 0.717) is 33.4 Å². The van der Waals surface area contributed by atoms with E-state index in [9.17, 15) is 9.59 Å². The van der Waals surface area contributed by atoms with Gasteiger partial charge < -0.3 is 15.4 Å². The number of rotatable bonds is 6. The molecule has 2 amide bonds. The molecule has 0 saturated carbocycles. The molecule has 1 aliphatic rings. The van der Waals surface area contributed by atoms with Crippen LogP contribution in [-0.2, 0) is 9.53 Å². The maximum atomic E-state index is 12.5. The molecule has 0 spiro atoms. The Kier molecular flexibility index (Phi) is 7.09. The van der Waals surface area contributed by atoms with E-state index >= 15 is 0 Å². The summed E-state index contributed by atoms with van der Waals surface area (Å²) in [6, 6.07) is 11.9. The second-order valence-corrected chi connectivity index (χ2v) is 7.22. The Morgan fingerprint density at radius 3 is 2.75 bits per heavy atom. The lowest BCUT2D eigenvalue weighted by molar-refractivity contribution is -0.111. The van der Waals surface area contributed by atoms with E-state index in [4.69, 9.17) is 27.9 Å². The number of ether oxygens (including phenoxy) is 1. The maximum absolute atomic E-state index is 12.5. The largest absolute Gasteiger partial charge is 0.376 e. The van der Waals surface area contributed by atoms with Crippen molar-refractivity contribution in [3.8, 4) is 0 Å². The lowest BCUT2D eigenvalue weighted by atomic mass is 10.1. The number of hydrogen-bond donors (Lipinski definition) is 2. The van der Waals surface area contributed by atoms with E-state index in [-0.39, 0.29) is 17.9 Å². The summed E-state index contributed by atoms with van der Waals surface area (Å²) in [7, 11) is 0. The standard InChI is InChI=1S/C21H20Cl2N2O3/c22-15-9-7-14(18(23)12-15)8-10-20(26)25-19-6-2-1-5-17(19)21(27)24-13-16-4-3-11-28-16/h1-2,5-10,12,16H,3-4,11,13H2,(H,24,27)(H,25,26)/b10-8+/t16-/m1/s1. The van der Waals surface area contributed by atoms with E-state index in [1.165, 1.54) is 6.08 Å². The summed E-state index contributed by atoms with van der Waals surface area (Å²) >= 11 is 12.0. The fraction of sp³-hybridized carbons (Fsp3) is 0.238. The lowest BCUT2D eigenvalue weighted by Gasteiger charge is -2.13. The number of nitrogens with one attached hydrogen (secondary N) is 2. The van der Waals surface area contributed by atoms with Crippen LogP contribution >= 0.6 is 23.2 Å². The first kappa shape index (κ1) is 20.4. The van der Waals surface area contributed by atoms with Crippen LogP contribution < -0.4 is 10.6 Å². The lowest BCUT2D eigenvalue weighted by Crippen LogP contribution is -2.32. The molecule has 0 radical (unpaired) electrons. The van der Waals surface area contributed by atoms with Crippen LogP contribution in [0.25, 0.3) is 6.08 Å². The summed E-state index contributed by atoms with van der Waals surface area (Å²) in [6.45, 7) is 1.19. The third-order valence-electron chi connectivity index (χ3n) is 4.32. The molecular weight excluding hydrogens is 399 g/mol. The molecule has 0 aromatic heterocycles. The van der Waals surface area contributed by atoms with Crippen molar-refractivity contribution < 1.29 is 14.3 Å². The number of carbonyl (C=O) groups is 2. The van der Waals surface area contributed by atoms with Crippen molar-refractivity contribution in [2.45, 2.75) is 18.9 Å². The second kappa shape index (κ2) is 9.73. The molecule has 0 bridgehead atoms. The molecule has 2 aromatic carbocycles. The van der Waals surface area contributed by atoms with Gasteiger partial charge in [0.1, 0.15) is 0 Å². The maximum Gasteiger partial charge on any atom is 0.253 e. The van der Waals surface area contributed by atoms with Gasteiger partial charge >= 0.3 is 0 Å². The van der Waals surface area contributed by atoms with Gasteiger partial charge in [-0.1, -0.05) is 41.4 Å². The molecule has 146 valence electrons. The summed E-state index contributed by atoms with van der Waals surface area (Å²) in [5, 5.41) is 6.57. The van der Waals surface area contributed by atoms with Gasteiger partial charge in [0.2, 0.25) is 5.91 Å². The fourth-order valence-electron chi connectivity index (χ4n) is 2.87. The molecule has 1 atom stereocenters. The van der Waals surface area contributed by atoms with Crippen LogP contribution in [0.3, 0.4) is 0 Å². The third-order valence-corrected chi connectivity index (χ3v) is 4.88. The van der Waals surface area contributed by atoms with Crippen molar-refractivity contribution in [3.05, 3.63) is 69.7 Å². The van der Waals surface area contributed by atoms with Crippen LogP contribution in [0.15, 0.2) is 48.5 Å². The fourth-order valence-corrected chi connectivity index (χ4v) is 3.35. The van der Waals surface area contributed by atoms with Crippen molar-refractivity contribution in [2.75, 3.05) is 18.5 Å². The second-order valence-electron chi connectivity index (χ2n) is 6.38. The van der Waals surface area contributed by atoms with Gasteiger partial charge in [0.15, 0.2) is 0 Å². The van der Waals surface area contributed by atoms with E-state index in [1.54, 1.807) is 48.5 Å². The average molecular weight is 419 g/mol. The summed E-state index contributed by atoms with van der Waals surface area (Å²) in [5.41, 5.74) is 1.50. The molecule has 2 aromatic rings. The molecule has 0 unspecified atom stereocenters. The van der Waals surface area contributed by atoms with Gasteiger partial charge in [0, 0.05) is 29.3 Å². The van der Waals surface area contributed by atoms with Gasteiger partial charge in [0.05, 0.1) is 17.4 Å². The highest BCUT2D eigenvalue weighted by atomic mass is 35.5. The van der Waals surface area contributed by atoms with Crippen LogP contribution in [0.4, 0.5) is 5.69 Å². The minimum atomic E-state index is -0.370. The Labute approximate surface area is 173 Å². The topological polar surface area (TPSA) is 67.4 Å². The minimum Gasteiger partial charge on any atom is -0.376 e. The molecule has 7 heteroatoms. The van der Waals surface area contributed by atoms with Crippen molar-refractivity contribution in [1.82, 2.24) is 5.32 Å². The van der Waals surface area contributed by atoms with Crippen LogP contribution in [0, 0.1) is 0 Å². The van der Waals surface area contributed by atoms with Crippen molar-refractivity contribution >= 4 is 46.8 Å². The van der Waals surface area contributed by atoms with Crippen LogP contribution in [0.2, 0.25) is 10.0 Å². The Hall–Kier alpha value is -2.34. The van der Waals surface area contributed by atoms with Crippen LogP contribution in [-0.4, -0.2) is 31.1 Å². The number of carbonyl (C=O) groups excluding carboxylic acids is 2. The highest BCUT2D eigenvalue weighted by Crippen LogP contribution is 2.22. The highest BCUT2D eigenvalue weighted by Gasteiger charge is 2.18. The molecule has 2 N–H and O–H groups in total. The number of anilines is 1. The summed E-state index contributed by atoms with van der Waals surface area (Å²) in [6.07, 6.45) is 4.95. The van der Waals surface area contributed by atoms with E-state index in [0.717, 1.165) is 19.4 Å². The van der Waals surface area contributed by atoms with E-state index in [1.807, 2.05) is 0 Å². The van der Waals surface area contributed by atoms with E-state index < -0.39 is 0 Å². The molecule has 1 fully saturated rings. The number of benzene rings is 2. The summed E-state index contributed by atoms with van der Waals surface area (Å²) < 4.78 is 5.51. The van der Waals surface area contributed by atoms with Gasteiger partial charge in [-0.15, -0.1) is 0 Å². The SMILES string of the molecule is O=C(/C=C/c1ccc(Cl)cc1Cl)Nc1ccccc1C(=O)NC[C@H]1CCCO1. The molecule has 1 saturated heterocycles. The molecule has 0 aliphatic carbocycles. The van der Waals surface area contributed by atoms with Crippen molar-refractivity contribution in [2.24, 2.45) is 0 Å². The molecular formula is C21H20Cl2N2O3. The first-order chi connectivity index (χ1) is 13.5. The van der Waals surface area contributed by atoms with Crippen LogP contribution in [0.1, 0.15) is 28.8 Å². The Balaban J connectivity index is 1.64. The number of amides is 2. The number of para-hydroxylation sites is 1. The zero-order chi connectivity index (χ0) is 19.9. The van der Waals surface area contributed by atoms with E-state index in [2.05, 4.69) is 10.6 Å². The van der Waals surface area contributed by atoms with Gasteiger partial charge in [-0.25, -0.2) is 0 Å². The first-order valence-corrected chi connectivity index (χ1v) is 9.71. The minimum absolute atomic E-state index is 0.0535. The normalized spacial score (nSPS) is 16.3. The Morgan fingerprint density at radius 2 is 2.00 bits per heavy atom. The van der Waals surface area contributed by atoms with Gasteiger partial charge in [-0.3, -0.25) is 9.59 Å². The van der Waals surface area contributed by atoms with Gasteiger partial charge in [0.25, 0.3) is 5.91 Å². The monoisotopic (exact) mass is 418 g/mol. The summed E-state index contributed by atoms with van der Waals surface area (Å²) in [4.78, 5) is 24.8.